The van der Waals surface area contributed by atoms with Crippen molar-refractivity contribution in [2.75, 3.05) is 33.4 Å². The number of Topliss-reactive ketones (excluding diaryl/α,β-unsaturated/α-hetero) is 1. The zero-order valence-electron chi connectivity index (χ0n) is 20.1. The van der Waals surface area contributed by atoms with Gasteiger partial charge in [-0.3, -0.25) is 14.4 Å². The molecule has 0 aliphatic carbocycles. The molecule has 0 spiro atoms. The fourth-order valence-electron chi connectivity index (χ4n) is 4.72. The van der Waals surface area contributed by atoms with Gasteiger partial charge in [0.1, 0.15) is 24.1 Å². The Bertz CT molecular complexity index is 1010. The first-order chi connectivity index (χ1) is 17.1. The van der Waals surface area contributed by atoms with E-state index in [-0.39, 0.29) is 30.8 Å². The molecule has 2 aromatic carbocycles. The van der Waals surface area contributed by atoms with Crippen LogP contribution in [0.4, 0.5) is 0 Å². The molecule has 8 heteroatoms. The smallest absolute Gasteiger partial charge is 0.261 e. The molecule has 0 radical (unpaired) electrons. The number of carbonyl (C=O) groups is 3. The molecule has 2 amide bonds. The lowest BCUT2D eigenvalue weighted by atomic mass is 10.1. The number of ketones is 1. The molecule has 2 aromatic rings. The second-order valence-corrected chi connectivity index (χ2v) is 8.84. The first-order valence-corrected chi connectivity index (χ1v) is 12.1. The zero-order valence-corrected chi connectivity index (χ0v) is 20.1. The van der Waals surface area contributed by atoms with Crippen LogP contribution in [-0.4, -0.2) is 72.9 Å². The summed E-state index contributed by atoms with van der Waals surface area (Å²) >= 11 is 0. The Morgan fingerprint density at radius 1 is 0.829 bits per heavy atom. The summed E-state index contributed by atoms with van der Waals surface area (Å²) in [5, 5.41) is 0. The fraction of sp³-hybridized carbons (Fsp3) is 0.444. The van der Waals surface area contributed by atoms with Gasteiger partial charge in [-0.1, -0.05) is 30.3 Å². The van der Waals surface area contributed by atoms with Gasteiger partial charge >= 0.3 is 0 Å². The first kappa shape index (κ1) is 24.7. The van der Waals surface area contributed by atoms with E-state index in [1.807, 2.05) is 30.3 Å². The van der Waals surface area contributed by atoms with Crippen molar-refractivity contribution in [3.8, 4) is 11.5 Å². The number of nitrogens with zero attached hydrogens (tertiary/aromatic N) is 2. The van der Waals surface area contributed by atoms with E-state index in [9.17, 15) is 14.4 Å². The summed E-state index contributed by atoms with van der Waals surface area (Å²) in [6, 6.07) is 15.6. The highest BCUT2D eigenvalue weighted by Crippen LogP contribution is 2.26. The summed E-state index contributed by atoms with van der Waals surface area (Å²) in [6.45, 7) is 1.20. The highest BCUT2D eigenvalue weighted by molar-refractivity contribution is 5.94. The molecule has 2 saturated heterocycles. The van der Waals surface area contributed by atoms with Crippen LogP contribution >= 0.6 is 0 Å². The predicted octanol–water partition coefficient (Wildman–Crippen LogP) is 2.84. The van der Waals surface area contributed by atoms with Crippen molar-refractivity contribution in [1.29, 1.82) is 0 Å². The summed E-state index contributed by atoms with van der Waals surface area (Å²) in [6.07, 6.45) is 2.73. The van der Waals surface area contributed by atoms with E-state index >= 15 is 0 Å². The van der Waals surface area contributed by atoms with E-state index in [4.69, 9.17) is 14.2 Å². The third-order valence-electron chi connectivity index (χ3n) is 6.54. The van der Waals surface area contributed by atoms with E-state index in [0.29, 0.717) is 44.0 Å². The number of carbonyl (C=O) groups excluding carboxylic acids is 3. The Balaban J connectivity index is 1.30. The number of likely N-dealkylation sites (tertiary alicyclic amines) is 2. The van der Waals surface area contributed by atoms with Gasteiger partial charge in [0.05, 0.1) is 19.8 Å². The largest absolute Gasteiger partial charge is 0.497 e. The minimum Gasteiger partial charge on any atom is -0.497 e. The van der Waals surface area contributed by atoms with E-state index in [1.165, 1.54) is 0 Å². The Kier molecular flexibility index (Phi) is 8.36. The predicted molar refractivity (Wildman–Crippen MR) is 129 cm³/mol. The third kappa shape index (κ3) is 6.19. The molecule has 8 nitrogen and oxygen atoms in total. The van der Waals surface area contributed by atoms with Crippen LogP contribution in [0.2, 0.25) is 0 Å². The highest BCUT2D eigenvalue weighted by Gasteiger charge is 2.41. The molecule has 0 unspecified atom stereocenters. The molecule has 2 atom stereocenters. The van der Waals surface area contributed by atoms with Crippen LogP contribution in [-0.2, 0) is 25.7 Å². The Morgan fingerprint density at radius 2 is 1.49 bits per heavy atom. The second kappa shape index (κ2) is 11.8. The molecular formula is C27H32N2O6. The topological polar surface area (TPSA) is 85.4 Å². The molecule has 0 aromatic heterocycles. The van der Waals surface area contributed by atoms with Gasteiger partial charge in [-0.25, -0.2) is 0 Å². The zero-order chi connectivity index (χ0) is 24.6. The molecule has 2 heterocycles. The minimum atomic E-state index is -0.555. The number of benzene rings is 2. The fourth-order valence-corrected chi connectivity index (χ4v) is 4.72. The number of amides is 2. The van der Waals surface area contributed by atoms with Crippen molar-refractivity contribution < 1.29 is 28.6 Å². The molecule has 35 heavy (non-hydrogen) atoms. The molecule has 0 N–H and O–H groups in total. The maximum atomic E-state index is 13.4. The van der Waals surface area contributed by atoms with Gasteiger partial charge in [0.15, 0.2) is 12.4 Å². The normalized spacial score (nSPS) is 19.6. The minimum absolute atomic E-state index is 0.0354. The van der Waals surface area contributed by atoms with E-state index in [2.05, 4.69) is 0 Å². The Morgan fingerprint density at radius 3 is 2.20 bits per heavy atom. The highest BCUT2D eigenvalue weighted by atomic mass is 16.5. The van der Waals surface area contributed by atoms with Crippen molar-refractivity contribution >= 4 is 17.6 Å². The van der Waals surface area contributed by atoms with E-state index < -0.39 is 12.1 Å². The monoisotopic (exact) mass is 480 g/mol. The maximum Gasteiger partial charge on any atom is 0.261 e. The van der Waals surface area contributed by atoms with Crippen molar-refractivity contribution in [1.82, 2.24) is 9.80 Å². The maximum absolute atomic E-state index is 13.4. The van der Waals surface area contributed by atoms with Gasteiger partial charge in [-0.2, -0.15) is 0 Å². The number of hydrogen-bond acceptors (Lipinski definition) is 6. The second-order valence-electron chi connectivity index (χ2n) is 8.84. The summed E-state index contributed by atoms with van der Waals surface area (Å²) in [7, 11) is 1.58. The van der Waals surface area contributed by atoms with Crippen LogP contribution in [0.15, 0.2) is 54.6 Å². The van der Waals surface area contributed by atoms with Gasteiger partial charge < -0.3 is 24.0 Å². The Labute approximate surface area is 205 Å². The van der Waals surface area contributed by atoms with Crippen LogP contribution < -0.4 is 9.47 Å². The number of ether oxygens (including phenoxy) is 3. The number of rotatable bonds is 10. The summed E-state index contributed by atoms with van der Waals surface area (Å²) < 4.78 is 16.4. The van der Waals surface area contributed by atoms with Crippen LogP contribution in [0.1, 0.15) is 31.2 Å². The molecule has 0 saturated carbocycles. The van der Waals surface area contributed by atoms with Gasteiger partial charge in [-0.15, -0.1) is 0 Å². The van der Waals surface area contributed by atoms with Crippen molar-refractivity contribution in [3.05, 3.63) is 60.2 Å². The molecule has 2 fully saturated rings. The SMILES string of the molecule is COc1ccc(OCC(=O)N2CCC[C@H]2C(=O)N2CCC[C@H]2C(=O)COCc2ccccc2)cc1. The van der Waals surface area contributed by atoms with Gasteiger partial charge in [0, 0.05) is 13.1 Å². The molecule has 2 aliphatic rings. The van der Waals surface area contributed by atoms with Crippen molar-refractivity contribution in [3.63, 3.8) is 0 Å². The lowest BCUT2D eigenvalue weighted by Gasteiger charge is -2.31. The molecular weight excluding hydrogens is 448 g/mol. The Hall–Kier alpha value is -3.39. The molecule has 0 bridgehead atoms. The lowest BCUT2D eigenvalue weighted by Crippen LogP contribution is -2.52. The average Bonchev–Trinajstić information content (AvgIpc) is 3.58. The first-order valence-electron chi connectivity index (χ1n) is 12.1. The van der Waals surface area contributed by atoms with Crippen LogP contribution in [0, 0.1) is 0 Å². The van der Waals surface area contributed by atoms with Crippen LogP contribution in [0.3, 0.4) is 0 Å². The van der Waals surface area contributed by atoms with Gasteiger partial charge in [-0.05, 0) is 55.5 Å². The third-order valence-corrected chi connectivity index (χ3v) is 6.54. The summed E-state index contributed by atoms with van der Waals surface area (Å²) in [4.78, 5) is 42.4. The van der Waals surface area contributed by atoms with E-state index in [1.54, 1.807) is 41.2 Å². The van der Waals surface area contributed by atoms with Gasteiger partial charge in [0.2, 0.25) is 5.91 Å². The number of methoxy groups -OCH3 is 1. The van der Waals surface area contributed by atoms with E-state index in [0.717, 1.165) is 18.4 Å². The van der Waals surface area contributed by atoms with Crippen LogP contribution in [0.25, 0.3) is 0 Å². The molecule has 186 valence electrons. The van der Waals surface area contributed by atoms with Gasteiger partial charge in [0.25, 0.3) is 5.91 Å². The molecule has 2 aliphatic heterocycles. The summed E-state index contributed by atoms with van der Waals surface area (Å²) in [5.41, 5.74) is 0.997. The quantitative estimate of drug-likeness (QED) is 0.520. The average molecular weight is 481 g/mol. The molecule has 4 rings (SSSR count). The lowest BCUT2D eigenvalue weighted by molar-refractivity contribution is -0.147. The number of hydrogen-bond donors (Lipinski definition) is 0. The van der Waals surface area contributed by atoms with Crippen molar-refractivity contribution in [2.45, 2.75) is 44.4 Å². The van der Waals surface area contributed by atoms with Crippen LogP contribution in [0.5, 0.6) is 11.5 Å². The van der Waals surface area contributed by atoms with Crippen molar-refractivity contribution in [2.24, 2.45) is 0 Å². The standard InChI is InChI=1S/C27H32N2O6/c1-33-21-11-13-22(14-12-21)35-19-26(31)28-15-6-10-24(28)27(32)29-16-5-9-23(29)25(30)18-34-17-20-7-3-2-4-8-20/h2-4,7-8,11-14,23-24H,5-6,9-10,15-19H2,1H3/t23-,24-/m0/s1. The summed E-state index contributed by atoms with van der Waals surface area (Å²) in [5.74, 6) is 0.783.